The number of benzene rings is 1. The van der Waals surface area contributed by atoms with Gasteiger partial charge in [0.25, 0.3) is 0 Å². The van der Waals surface area contributed by atoms with Crippen LogP contribution in [0.25, 0.3) is 0 Å². The highest BCUT2D eigenvalue weighted by Gasteiger charge is 2.70. The fourth-order valence-electron chi connectivity index (χ4n) is 7.24. The van der Waals surface area contributed by atoms with Crippen LogP contribution >= 0.6 is 0 Å². The molecule has 1 aromatic carbocycles. The van der Waals surface area contributed by atoms with Crippen LogP contribution in [-0.4, -0.2) is 31.2 Å². The van der Waals surface area contributed by atoms with Crippen molar-refractivity contribution in [2.75, 3.05) is 13.1 Å². The van der Waals surface area contributed by atoms with Crippen molar-refractivity contribution in [3.63, 3.8) is 0 Å². The molecule has 140 valence electrons. The average molecular weight is 356 g/mol. The van der Waals surface area contributed by atoms with E-state index in [0.29, 0.717) is 18.9 Å². The van der Waals surface area contributed by atoms with Gasteiger partial charge in [0.05, 0.1) is 11.5 Å². The van der Waals surface area contributed by atoms with E-state index in [1.165, 1.54) is 18.4 Å². The number of hydrogen-bond donors (Lipinski definition) is 2. The van der Waals surface area contributed by atoms with Crippen LogP contribution in [0.3, 0.4) is 0 Å². The summed E-state index contributed by atoms with van der Waals surface area (Å²) in [7, 11) is 0. The van der Waals surface area contributed by atoms with Crippen molar-refractivity contribution < 1.29 is 9.18 Å². The molecule has 26 heavy (non-hydrogen) atoms. The van der Waals surface area contributed by atoms with E-state index < -0.39 is 6.17 Å². The van der Waals surface area contributed by atoms with E-state index in [1.54, 1.807) is 0 Å². The monoisotopic (exact) mass is 356 g/mol. The fraction of sp³-hybridized carbons (Fsp3) is 0.682. The lowest BCUT2D eigenvalue weighted by atomic mass is 9.59. The quantitative estimate of drug-likeness (QED) is 0.872. The molecule has 5 fully saturated rings. The second-order valence-corrected chi connectivity index (χ2v) is 9.84. The Hall–Kier alpha value is -1.42. The molecule has 4 bridgehead atoms. The van der Waals surface area contributed by atoms with Crippen molar-refractivity contribution >= 4 is 5.91 Å². The molecule has 4 saturated carbocycles. The Kier molecular flexibility index (Phi) is 3.57. The molecule has 6 rings (SSSR count). The maximum absolute atomic E-state index is 14.2. The third-order valence-corrected chi connectivity index (χ3v) is 7.87. The molecule has 1 amide bonds. The summed E-state index contributed by atoms with van der Waals surface area (Å²) in [5.41, 5.74) is 1.51. The summed E-state index contributed by atoms with van der Waals surface area (Å²) in [4.78, 5) is 13.4. The summed E-state index contributed by atoms with van der Waals surface area (Å²) < 4.78 is 14.2. The fourth-order valence-corrected chi connectivity index (χ4v) is 7.24. The van der Waals surface area contributed by atoms with Crippen molar-refractivity contribution in [1.29, 1.82) is 0 Å². The molecule has 6 atom stereocenters. The normalized spacial score (nSPS) is 46.5. The number of alkyl halides is 1. The highest BCUT2D eigenvalue weighted by molar-refractivity contribution is 5.84. The van der Waals surface area contributed by atoms with Crippen LogP contribution in [0.4, 0.5) is 4.39 Å². The molecule has 5 aliphatic rings. The van der Waals surface area contributed by atoms with Gasteiger partial charge in [0.2, 0.25) is 5.91 Å². The van der Waals surface area contributed by atoms with Gasteiger partial charge in [-0.3, -0.25) is 4.79 Å². The molecular weight excluding hydrogens is 327 g/mol. The molecule has 1 aliphatic heterocycles. The highest BCUT2D eigenvalue weighted by Crippen LogP contribution is 2.74. The Morgan fingerprint density at radius 1 is 1.19 bits per heavy atom. The van der Waals surface area contributed by atoms with Gasteiger partial charge in [-0.15, -0.1) is 0 Å². The van der Waals surface area contributed by atoms with Crippen molar-refractivity contribution in [1.82, 2.24) is 10.6 Å². The molecule has 4 aliphatic carbocycles. The number of nitrogens with one attached hydrogen (secondary N) is 2. The smallest absolute Gasteiger partial charge is 0.226 e. The Bertz CT molecular complexity index is 724. The summed E-state index contributed by atoms with van der Waals surface area (Å²) in [6.07, 6.45) is 5.03. The second-order valence-electron chi connectivity index (χ2n) is 9.84. The van der Waals surface area contributed by atoms with Crippen molar-refractivity contribution in [2.45, 2.75) is 63.1 Å². The number of amides is 1. The first-order valence-electron chi connectivity index (χ1n) is 10.2. The molecule has 2 unspecified atom stereocenters. The number of carbonyl (C=O) groups is 1. The van der Waals surface area contributed by atoms with Gasteiger partial charge in [-0.05, 0) is 67.4 Å². The third kappa shape index (κ3) is 2.30. The zero-order chi connectivity index (χ0) is 18.0. The Labute approximate surface area is 155 Å². The number of halogens is 1. The lowest BCUT2D eigenvalue weighted by Gasteiger charge is -2.46. The zero-order valence-corrected chi connectivity index (χ0v) is 15.6. The van der Waals surface area contributed by atoms with E-state index in [1.807, 2.05) is 0 Å². The predicted octanol–water partition coefficient (Wildman–Crippen LogP) is 3.34. The summed E-state index contributed by atoms with van der Waals surface area (Å²) in [5, 5.41) is 6.20. The first kappa shape index (κ1) is 16.7. The van der Waals surface area contributed by atoms with Gasteiger partial charge >= 0.3 is 0 Å². The van der Waals surface area contributed by atoms with Gasteiger partial charge in [0.1, 0.15) is 6.17 Å². The summed E-state index contributed by atoms with van der Waals surface area (Å²) in [5.74, 6) is 0.712. The van der Waals surface area contributed by atoms with E-state index in [4.69, 9.17) is 0 Å². The summed E-state index contributed by atoms with van der Waals surface area (Å²) in [6.45, 7) is 3.51. The third-order valence-electron chi connectivity index (χ3n) is 7.87. The predicted molar refractivity (Wildman–Crippen MR) is 99.5 cm³/mol. The molecule has 0 spiro atoms. The number of piperidine rings is 1. The van der Waals surface area contributed by atoms with Crippen LogP contribution in [0, 0.1) is 16.7 Å². The zero-order valence-electron chi connectivity index (χ0n) is 15.6. The number of carbonyl (C=O) groups excluding carboxylic acids is 1. The minimum Gasteiger partial charge on any atom is -0.350 e. The van der Waals surface area contributed by atoms with Gasteiger partial charge in [-0.2, -0.15) is 0 Å². The van der Waals surface area contributed by atoms with Gasteiger partial charge in [0.15, 0.2) is 0 Å². The van der Waals surface area contributed by atoms with E-state index >= 15 is 0 Å². The maximum atomic E-state index is 14.2. The average Bonchev–Trinajstić information content (AvgIpc) is 2.98. The Balaban J connectivity index is 1.44. The van der Waals surface area contributed by atoms with Gasteiger partial charge in [-0.25, -0.2) is 4.39 Å². The van der Waals surface area contributed by atoms with Crippen molar-refractivity contribution in [3.05, 3.63) is 35.9 Å². The second kappa shape index (κ2) is 5.54. The van der Waals surface area contributed by atoms with E-state index in [-0.39, 0.29) is 28.2 Å². The van der Waals surface area contributed by atoms with Crippen molar-refractivity contribution in [2.24, 2.45) is 16.7 Å². The van der Waals surface area contributed by atoms with Gasteiger partial charge in [-0.1, -0.05) is 37.3 Å². The van der Waals surface area contributed by atoms with Crippen LogP contribution in [-0.2, 0) is 10.2 Å². The molecule has 1 saturated heterocycles. The maximum Gasteiger partial charge on any atom is 0.226 e. The Morgan fingerprint density at radius 3 is 2.77 bits per heavy atom. The SMILES string of the molecule is C[C@]12CC3CC(C(=O)N[C@@H]4CCNC[C@H]4F)(C1)C[C@]3(c1ccccc1)C2. The molecule has 1 heterocycles. The standard InChI is InChI=1S/C22H29FN2O/c1-20-9-16-10-21(12-20,19(26)25-18-7-8-24-11-17(18)23)14-22(16,13-20)15-5-3-2-4-6-15/h2-6,16-18,24H,7-14H2,1H3,(H,25,26)/t16?,17-,18-,20+,21?,22+/m1/s1. The lowest BCUT2D eigenvalue weighted by Crippen LogP contribution is -2.55. The van der Waals surface area contributed by atoms with Crippen molar-refractivity contribution in [3.8, 4) is 0 Å². The molecular formula is C22H29FN2O. The summed E-state index contributed by atoms with van der Waals surface area (Å²) in [6, 6.07) is 10.5. The lowest BCUT2D eigenvalue weighted by molar-refractivity contribution is -0.137. The van der Waals surface area contributed by atoms with Crippen LogP contribution in [0.2, 0.25) is 0 Å². The number of rotatable bonds is 3. The summed E-state index contributed by atoms with van der Waals surface area (Å²) >= 11 is 0. The number of hydrogen-bond acceptors (Lipinski definition) is 2. The highest BCUT2D eigenvalue weighted by atomic mass is 19.1. The van der Waals surface area contributed by atoms with E-state index in [2.05, 4.69) is 47.9 Å². The minimum atomic E-state index is -0.974. The molecule has 2 N–H and O–H groups in total. The molecule has 1 aromatic rings. The first-order chi connectivity index (χ1) is 12.4. The van der Waals surface area contributed by atoms with E-state index in [9.17, 15) is 9.18 Å². The largest absolute Gasteiger partial charge is 0.350 e. The molecule has 4 heteroatoms. The van der Waals surface area contributed by atoms with Crippen LogP contribution in [0.15, 0.2) is 30.3 Å². The van der Waals surface area contributed by atoms with Gasteiger partial charge < -0.3 is 10.6 Å². The van der Waals surface area contributed by atoms with Crippen LogP contribution in [0.1, 0.15) is 51.0 Å². The first-order valence-corrected chi connectivity index (χ1v) is 10.2. The molecule has 3 nitrogen and oxygen atoms in total. The molecule has 0 radical (unpaired) electrons. The van der Waals surface area contributed by atoms with Crippen LogP contribution in [0.5, 0.6) is 0 Å². The van der Waals surface area contributed by atoms with Crippen LogP contribution < -0.4 is 10.6 Å². The molecule has 0 aromatic heterocycles. The van der Waals surface area contributed by atoms with E-state index in [0.717, 1.165) is 25.8 Å². The van der Waals surface area contributed by atoms with Gasteiger partial charge in [0, 0.05) is 6.54 Å². The minimum absolute atomic E-state index is 0.125. The topological polar surface area (TPSA) is 41.1 Å². The Morgan fingerprint density at radius 2 is 2.00 bits per heavy atom.